The number of rotatable bonds is 6. The Morgan fingerprint density at radius 3 is 2.31 bits per heavy atom. The van der Waals surface area contributed by atoms with Crippen LogP contribution in [-0.2, 0) is 16.0 Å². The van der Waals surface area contributed by atoms with Crippen LogP contribution in [0, 0.1) is 11.8 Å². The highest BCUT2D eigenvalue weighted by Crippen LogP contribution is 2.35. The smallest absolute Gasteiger partial charge is 0.245 e. The first kappa shape index (κ1) is 19.2. The predicted octanol–water partition coefficient (Wildman–Crippen LogP) is 3.82. The number of likely N-dealkylation sites (tertiary alicyclic amines) is 1. The molecule has 2 aliphatic rings. The molecule has 1 saturated heterocycles. The van der Waals surface area contributed by atoms with Crippen molar-refractivity contribution in [2.45, 2.75) is 57.4 Å². The summed E-state index contributed by atoms with van der Waals surface area (Å²) < 4.78 is 0. The van der Waals surface area contributed by atoms with Crippen molar-refractivity contribution in [3.05, 3.63) is 34.9 Å². The van der Waals surface area contributed by atoms with Crippen LogP contribution in [0.4, 0.5) is 0 Å². The molecule has 5 heteroatoms. The van der Waals surface area contributed by atoms with E-state index in [0.717, 1.165) is 43.3 Å². The lowest BCUT2D eigenvalue weighted by molar-refractivity contribution is -0.136. The number of nitrogens with one attached hydrogen (secondary N) is 1. The molecule has 2 amide bonds. The van der Waals surface area contributed by atoms with Gasteiger partial charge in [0.25, 0.3) is 0 Å². The summed E-state index contributed by atoms with van der Waals surface area (Å²) in [4.78, 5) is 25.9. The second kappa shape index (κ2) is 9.40. The van der Waals surface area contributed by atoms with Gasteiger partial charge in [-0.3, -0.25) is 9.59 Å². The molecule has 1 heterocycles. The quantitative estimate of drug-likeness (QED) is 0.767. The molecular formula is C21H29ClN2O2. The van der Waals surface area contributed by atoms with E-state index in [9.17, 15) is 9.59 Å². The summed E-state index contributed by atoms with van der Waals surface area (Å²) in [5.74, 6) is 1.67. The molecule has 142 valence electrons. The second-order valence-electron chi connectivity index (χ2n) is 7.73. The topological polar surface area (TPSA) is 49.4 Å². The summed E-state index contributed by atoms with van der Waals surface area (Å²) in [6, 6.07) is 6.94. The zero-order chi connectivity index (χ0) is 18.4. The van der Waals surface area contributed by atoms with Crippen LogP contribution >= 0.6 is 11.6 Å². The molecule has 0 radical (unpaired) electrons. The molecule has 1 saturated carbocycles. The molecule has 1 aromatic carbocycles. The Labute approximate surface area is 161 Å². The third-order valence-corrected chi connectivity index (χ3v) is 6.34. The fourth-order valence-corrected chi connectivity index (χ4v) is 4.70. The zero-order valence-corrected chi connectivity index (χ0v) is 16.1. The van der Waals surface area contributed by atoms with Gasteiger partial charge >= 0.3 is 0 Å². The Morgan fingerprint density at radius 2 is 1.69 bits per heavy atom. The highest BCUT2D eigenvalue weighted by Gasteiger charge is 2.31. The lowest BCUT2D eigenvalue weighted by atomic mass is 9.76. The van der Waals surface area contributed by atoms with E-state index in [4.69, 9.17) is 11.6 Å². The third-order valence-electron chi connectivity index (χ3n) is 6.09. The minimum absolute atomic E-state index is 0.0362. The van der Waals surface area contributed by atoms with Crippen LogP contribution in [0.25, 0.3) is 0 Å². The molecule has 1 N–H and O–H groups in total. The summed E-state index contributed by atoms with van der Waals surface area (Å²) in [6.45, 7) is 1.63. The van der Waals surface area contributed by atoms with E-state index in [-0.39, 0.29) is 5.91 Å². The van der Waals surface area contributed by atoms with Crippen molar-refractivity contribution in [3.63, 3.8) is 0 Å². The molecule has 0 spiro atoms. The van der Waals surface area contributed by atoms with Crippen LogP contribution in [0.15, 0.2) is 24.3 Å². The van der Waals surface area contributed by atoms with Crippen molar-refractivity contribution < 1.29 is 9.59 Å². The van der Waals surface area contributed by atoms with Crippen LogP contribution in [-0.4, -0.2) is 36.3 Å². The van der Waals surface area contributed by atoms with E-state index in [2.05, 4.69) is 5.32 Å². The van der Waals surface area contributed by atoms with E-state index >= 15 is 0 Å². The molecule has 1 aliphatic carbocycles. The largest absolute Gasteiger partial charge is 0.347 e. The van der Waals surface area contributed by atoms with Crippen LogP contribution in [0.3, 0.4) is 0 Å². The summed E-state index contributed by atoms with van der Waals surface area (Å²) >= 11 is 5.92. The number of halogens is 1. The van der Waals surface area contributed by atoms with Crippen molar-refractivity contribution in [3.8, 4) is 0 Å². The highest BCUT2D eigenvalue weighted by molar-refractivity contribution is 6.30. The van der Waals surface area contributed by atoms with Crippen LogP contribution < -0.4 is 5.32 Å². The Morgan fingerprint density at radius 1 is 1.08 bits per heavy atom. The van der Waals surface area contributed by atoms with Crippen LogP contribution in [0.1, 0.15) is 50.5 Å². The lowest BCUT2D eigenvalue weighted by Gasteiger charge is -2.38. The standard InChI is InChI=1S/C21H29ClN2O2/c22-19-8-6-16(7-9-19)14-20(23-15-25)21(26)24-12-10-18(11-13-24)17-4-2-1-3-5-17/h6-9,15,17-18,20H,1-5,10-14H2,(H,23,25)/t20-/m1/s1. The normalized spacial score (nSPS) is 20.6. The number of hydrogen-bond donors (Lipinski definition) is 1. The highest BCUT2D eigenvalue weighted by atomic mass is 35.5. The summed E-state index contributed by atoms with van der Waals surface area (Å²) in [6.07, 6.45) is 10.2. The van der Waals surface area contributed by atoms with Gasteiger partial charge in [-0.2, -0.15) is 0 Å². The molecule has 26 heavy (non-hydrogen) atoms. The maximum Gasteiger partial charge on any atom is 0.245 e. The predicted molar refractivity (Wildman–Crippen MR) is 104 cm³/mol. The van der Waals surface area contributed by atoms with Gasteiger partial charge < -0.3 is 10.2 Å². The Balaban J connectivity index is 1.55. The van der Waals surface area contributed by atoms with Gasteiger partial charge in [0.05, 0.1) is 0 Å². The van der Waals surface area contributed by atoms with Gasteiger partial charge in [0.2, 0.25) is 12.3 Å². The SMILES string of the molecule is O=CN[C@H](Cc1ccc(Cl)cc1)C(=O)N1CCC(C2CCCCC2)CC1. The third kappa shape index (κ3) is 5.00. The number of carbonyl (C=O) groups excluding carboxylic acids is 2. The number of benzene rings is 1. The van der Waals surface area contributed by atoms with Gasteiger partial charge in [-0.05, 0) is 42.4 Å². The zero-order valence-electron chi connectivity index (χ0n) is 15.3. The Kier molecular flexibility index (Phi) is 6.95. The van der Waals surface area contributed by atoms with Gasteiger partial charge in [-0.25, -0.2) is 0 Å². The van der Waals surface area contributed by atoms with Gasteiger partial charge in [0.15, 0.2) is 0 Å². The number of carbonyl (C=O) groups is 2. The molecule has 4 nitrogen and oxygen atoms in total. The molecular weight excluding hydrogens is 348 g/mol. The number of hydrogen-bond acceptors (Lipinski definition) is 2. The molecule has 0 unspecified atom stereocenters. The van der Waals surface area contributed by atoms with Crippen molar-refractivity contribution in [2.75, 3.05) is 13.1 Å². The number of piperidine rings is 1. The first-order valence-electron chi connectivity index (χ1n) is 9.90. The monoisotopic (exact) mass is 376 g/mol. The van der Waals surface area contributed by atoms with E-state index < -0.39 is 6.04 Å². The Bertz CT molecular complexity index is 591. The van der Waals surface area contributed by atoms with E-state index in [1.807, 2.05) is 29.2 Å². The van der Waals surface area contributed by atoms with E-state index in [1.165, 1.54) is 32.1 Å². The maximum absolute atomic E-state index is 12.9. The number of nitrogens with zero attached hydrogens (tertiary/aromatic N) is 1. The van der Waals surface area contributed by atoms with Gasteiger partial charge in [0, 0.05) is 24.5 Å². The Hall–Kier alpha value is -1.55. The average Bonchev–Trinajstić information content (AvgIpc) is 2.69. The van der Waals surface area contributed by atoms with Crippen molar-refractivity contribution in [2.24, 2.45) is 11.8 Å². The van der Waals surface area contributed by atoms with Crippen molar-refractivity contribution >= 4 is 23.9 Å². The summed E-state index contributed by atoms with van der Waals surface area (Å²) in [5, 5.41) is 3.38. The van der Waals surface area contributed by atoms with Gasteiger partial charge in [-0.15, -0.1) is 0 Å². The molecule has 3 rings (SSSR count). The van der Waals surface area contributed by atoms with Crippen LogP contribution in [0.2, 0.25) is 5.02 Å². The van der Waals surface area contributed by atoms with Crippen molar-refractivity contribution in [1.29, 1.82) is 0 Å². The van der Waals surface area contributed by atoms with Crippen molar-refractivity contribution in [1.82, 2.24) is 10.2 Å². The van der Waals surface area contributed by atoms with Gasteiger partial charge in [-0.1, -0.05) is 55.8 Å². The van der Waals surface area contributed by atoms with E-state index in [0.29, 0.717) is 17.9 Å². The molecule has 2 fully saturated rings. The number of amides is 2. The fraction of sp³-hybridized carbons (Fsp3) is 0.619. The van der Waals surface area contributed by atoms with Crippen LogP contribution in [0.5, 0.6) is 0 Å². The second-order valence-corrected chi connectivity index (χ2v) is 8.16. The minimum Gasteiger partial charge on any atom is -0.347 e. The lowest BCUT2D eigenvalue weighted by Crippen LogP contribution is -2.50. The van der Waals surface area contributed by atoms with E-state index in [1.54, 1.807) is 0 Å². The average molecular weight is 377 g/mol. The molecule has 1 atom stereocenters. The minimum atomic E-state index is -0.500. The molecule has 1 aliphatic heterocycles. The fourth-order valence-electron chi connectivity index (χ4n) is 4.57. The molecule has 0 aromatic heterocycles. The molecule has 0 bridgehead atoms. The summed E-state index contributed by atoms with van der Waals surface area (Å²) in [7, 11) is 0. The molecule has 1 aromatic rings. The van der Waals surface area contributed by atoms with Gasteiger partial charge in [0.1, 0.15) is 6.04 Å². The first-order chi connectivity index (χ1) is 12.7. The maximum atomic E-state index is 12.9. The first-order valence-corrected chi connectivity index (χ1v) is 10.3. The summed E-state index contributed by atoms with van der Waals surface area (Å²) in [5.41, 5.74) is 0.999.